The Bertz CT molecular complexity index is 579. The van der Waals surface area contributed by atoms with Gasteiger partial charge >= 0.3 is 0 Å². The molecule has 1 aromatic heterocycles. The Balaban J connectivity index is 2.41. The fourth-order valence-corrected chi connectivity index (χ4v) is 1.51. The quantitative estimate of drug-likeness (QED) is 0.785. The van der Waals surface area contributed by atoms with Crippen molar-refractivity contribution in [1.29, 1.82) is 0 Å². The van der Waals surface area contributed by atoms with Crippen LogP contribution in [-0.2, 0) is 0 Å². The van der Waals surface area contributed by atoms with Crippen molar-refractivity contribution in [3.05, 3.63) is 59.4 Å². The number of carbonyl (C=O) groups is 1. The Morgan fingerprint density at radius 2 is 1.72 bits per heavy atom. The summed E-state index contributed by atoms with van der Waals surface area (Å²) in [6.45, 7) is 0. The van der Waals surface area contributed by atoms with Gasteiger partial charge in [-0.15, -0.1) is 0 Å². The van der Waals surface area contributed by atoms with Crippen molar-refractivity contribution in [1.82, 2.24) is 4.98 Å². The highest BCUT2D eigenvalue weighted by atomic mass is 19.1. The molecule has 0 N–H and O–H groups in total. The van der Waals surface area contributed by atoms with Crippen LogP contribution in [0.3, 0.4) is 0 Å². The van der Waals surface area contributed by atoms with E-state index in [1.165, 1.54) is 25.6 Å². The zero-order valence-corrected chi connectivity index (χ0v) is 9.48. The van der Waals surface area contributed by atoms with E-state index in [1.807, 2.05) is 0 Å². The Hall–Kier alpha value is -2.30. The van der Waals surface area contributed by atoms with Crippen LogP contribution in [0.2, 0.25) is 0 Å². The second kappa shape index (κ2) is 4.91. The second-order valence-corrected chi connectivity index (χ2v) is 3.60. The van der Waals surface area contributed by atoms with Crippen LogP contribution < -0.4 is 4.74 Å². The Morgan fingerprint density at radius 3 is 2.33 bits per heavy atom. The van der Waals surface area contributed by atoms with Crippen molar-refractivity contribution < 1.29 is 18.3 Å². The smallest absolute Gasteiger partial charge is 0.194 e. The molecule has 0 fully saturated rings. The summed E-state index contributed by atoms with van der Waals surface area (Å²) in [6.07, 6.45) is 2.75. The average Bonchev–Trinajstić information content (AvgIpc) is 2.37. The maximum Gasteiger partial charge on any atom is 0.194 e. The topological polar surface area (TPSA) is 39.2 Å². The molecule has 0 aliphatic heterocycles. The van der Waals surface area contributed by atoms with Crippen molar-refractivity contribution in [2.75, 3.05) is 7.11 Å². The molecule has 0 amide bonds. The van der Waals surface area contributed by atoms with Gasteiger partial charge in [-0.3, -0.25) is 9.78 Å². The number of carbonyl (C=O) groups excluding carboxylic acids is 1. The molecule has 5 heteroatoms. The van der Waals surface area contributed by atoms with Crippen LogP contribution >= 0.6 is 0 Å². The number of nitrogens with zero attached hydrogens (tertiary/aromatic N) is 1. The first kappa shape index (κ1) is 12.2. The molecule has 18 heavy (non-hydrogen) atoms. The Morgan fingerprint density at radius 1 is 1.06 bits per heavy atom. The van der Waals surface area contributed by atoms with Crippen molar-refractivity contribution in [3.63, 3.8) is 0 Å². The summed E-state index contributed by atoms with van der Waals surface area (Å²) in [5, 5.41) is 0. The first-order chi connectivity index (χ1) is 8.60. The number of ketones is 1. The van der Waals surface area contributed by atoms with Gasteiger partial charge in [-0.05, 0) is 18.2 Å². The predicted molar refractivity (Wildman–Crippen MR) is 60.6 cm³/mol. The lowest BCUT2D eigenvalue weighted by atomic mass is 10.0. The summed E-state index contributed by atoms with van der Waals surface area (Å²) < 4.78 is 31.0. The molecule has 0 atom stereocenters. The van der Waals surface area contributed by atoms with Crippen LogP contribution in [0.4, 0.5) is 8.78 Å². The highest BCUT2D eigenvalue weighted by molar-refractivity contribution is 6.08. The molecule has 2 aromatic rings. The van der Waals surface area contributed by atoms with Crippen molar-refractivity contribution >= 4 is 5.78 Å². The first-order valence-corrected chi connectivity index (χ1v) is 5.10. The lowest BCUT2D eigenvalue weighted by Gasteiger charge is -2.04. The van der Waals surface area contributed by atoms with E-state index in [4.69, 9.17) is 4.74 Å². The number of hydrogen-bond acceptors (Lipinski definition) is 3. The largest absolute Gasteiger partial charge is 0.495 e. The van der Waals surface area contributed by atoms with Gasteiger partial charge in [0.15, 0.2) is 5.78 Å². The highest BCUT2D eigenvalue weighted by Crippen LogP contribution is 2.16. The third kappa shape index (κ3) is 2.51. The molecule has 2 rings (SSSR count). The van der Waals surface area contributed by atoms with Gasteiger partial charge in [-0.1, -0.05) is 0 Å². The van der Waals surface area contributed by atoms with Gasteiger partial charge in [-0.25, -0.2) is 8.78 Å². The number of rotatable bonds is 3. The molecule has 0 bridgehead atoms. The van der Waals surface area contributed by atoms with Crippen LogP contribution in [0.25, 0.3) is 0 Å². The van der Waals surface area contributed by atoms with Gasteiger partial charge in [-0.2, -0.15) is 0 Å². The minimum atomic E-state index is -0.797. The van der Waals surface area contributed by atoms with Crippen LogP contribution in [-0.4, -0.2) is 17.9 Å². The third-order valence-electron chi connectivity index (χ3n) is 2.34. The summed E-state index contributed by atoms with van der Waals surface area (Å²) in [4.78, 5) is 15.8. The number of aromatic nitrogens is 1. The Kier molecular flexibility index (Phi) is 3.32. The van der Waals surface area contributed by atoms with Crippen LogP contribution in [0.15, 0.2) is 36.7 Å². The lowest BCUT2D eigenvalue weighted by Crippen LogP contribution is -2.03. The van der Waals surface area contributed by atoms with Gasteiger partial charge in [0.05, 0.1) is 13.3 Å². The van der Waals surface area contributed by atoms with Crippen LogP contribution in [0.5, 0.6) is 5.75 Å². The fourth-order valence-electron chi connectivity index (χ4n) is 1.51. The molecule has 1 heterocycles. The van der Waals surface area contributed by atoms with Gasteiger partial charge in [0.1, 0.15) is 17.4 Å². The Labute approximate surface area is 102 Å². The second-order valence-electron chi connectivity index (χ2n) is 3.60. The molecule has 0 aliphatic carbocycles. The van der Waals surface area contributed by atoms with E-state index in [0.717, 1.165) is 12.1 Å². The molecule has 0 spiro atoms. The number of halogens is 2. The minimum Gasteiger partial charge on any atom is -0.495 e. The molecule has 0 saturated carbocycles. The van der Waals surface area contributed by atoms with Gasteiger partial charge in [0, 0.05) is 23.4 Å². The van der Waals surface area contributed by atoms with Gasteiger partial charge in [0.2, 0.25) is 0 Å². The molecule has 0 radical (unpaired) electrons. The lowest BCUT2D eigenvalue weighted by molar-refractivity contribution is 0.103. The minimum absolute atomic E-state index is 0.0671. The summed E-state index contributed by atoms with van der Waals surface area (Å²) in [5.74, 6) is -1.71. The van der Waals surface area contributed by atoms with Gasteiger partial charge < -0.3 is 4.74 Å². The summed E-state index contributed by atoms with van der Waals surface area (Å²) in [6, 6.07) is 4.12. The van der Waals surface area contributed by atoms with Crippen molar-refractivity contribution in [2.45, 2.75) is 0 Å². The maximum atomic E-state index is 13.0. The molecular weight excluding hydrogens is 240 g/mol. The number of hydrogen-bond donors (Lipinski definition) is 0. The summed E-state index contributed by atoms with van der Waals surface area (Å²) >= 11 is 0. The third-order valence-corrected chi connectivity index (χ3v) is 2.34. The van der Waals surface area contributed by atoms with E-state index in [0.29, 0.717) is 11.8 Å². The molecular formula is C13H9F2NO2. The zero-order valence-electron chi connectivity index (χ0n) is 9.48. The number of methoxy groups -OCH3 is 1. The van der Waals surface area contributed by atoms with Crippen molar-refractivity contribution in [3.8, 4) is 5.75 Å². The van der Waals surface area contributed by atoms with E-state index in [-0.39, 0.29) is 11.1 Å². The molecule has 3 nitrogen and oxygen atoms in total. The molecule has 1 aromatic carbocycles. The van der Waals surface area contributed by atoms with Crippen LogP contribution in [0.1, 0.15) is 15.9 Å². The van der Waals surface area contributed by atoms with E-state index < -0.39 is 17.4 Å². The predicted octanol–water partition coefficient (Wildman–Crippen LogP) is 2.60. The zero-order chi connectivity index (χ0) is 13.1. The first-order valence-electron chi connectivity index (χ1n) is 5.10. The summed E-state index contributed by atoms with van der Waals surface area (Å²) in [7, 11) is 1.44. The molecule has 0 unspecified atom stereocenters. The molecule has 92 valence electrons. The number of ether oxygens (including phenoxy) is 1. The molecule has 0 saturated heterocycles. The normalized spacial score (nSPS) is 10.2. The average molecular weight is 249 g/mol. The SMILES string of the molecule is COc1cncc(C(=O)c2cc(F)cc(F)c2)c1. The fraction of sp³-hybridized carbons (Fsp3) is 0.0769. The van der Waals surface area contributed by atoms with E-state index in [1.54, 1.807) is 0 Å². The highest BCUT2D eigenvalue weighted by Gasteiger charge is 2.12. The molecule has 0 aliphatic rings. The van der Waals surface area contributed by atoms with E-state index in [9.17, 15) is 13.6 Å². The van der Waals surface area contributed by atoms with E-state index in [2.05, 4.69) is 4.98 Å². The number of benzene rings is 1. The van der Waals surface area contributed by atoms with Gasteiger partial charge in [0.25, 0.3) is 0 Å². The monoisotopic (exact) mass is 249 g/mol. The van der Waals surface area contributed by atoms with Crippen molar-refractivity contribution in [2.24, 2.45) is 0 Å². The van der Waals surface area contributed by atoms with E-state index >= 15 is 0 Å². The standard InChI is InChI=1S/C13H9F2NO2/c1-18-12-4-9(6-16-7-12)13(17)8-2-10(14)5-11(15)3-8/h2-7H,1H3. The summed E-state index contributed by atoms with van der Waals surface area (Å²) in [5.41, 5.74) is 0.141. The van der Waals surface area contributed by atoms with Crippen LogP contribution in [0, 0.1) is 11.6 Å². The maximum absolute atomic E-state index is 13.0. The number of pyridine rings is 1.